The van der Waals surface area contributed by atoms with Crippen molar-refractivity contribution in [3.05, 3.63) is 40.5 Å². The van der Waals surface area contributed by atoms with Crippen LogP contribution in [0.1, 0.15) is 6.92 Å². The van der Waals surface area contributed by atoms with Gasteiger partial charge in [-0.2, -0.15) is 0 Å². The Morgan fingerprint density at radius 1 is 1.31 bits per heavy atom. The van der Waals surface area contributed by atoms with Gasteiger partial charge in [0.2, 0.25) is 11.8 Å². The minimum Gasteiger partial charge on any atom is -0.494 e. The Hall–Kier alpha value is -2.78. The van der Waals surface area contributed by atoms with Gasteiger partial charge in [-0.05, 0) is 13.0 Å². The van der Waals surface area contributed by atoms with Gasteiger partial charge in [0, 0.05) is 6.07 Å². The third kappa shape index (κ3) is 1.86. The number of imide groups is 1. The molecule has 136 valence electrons. The molecule has 2 amide bonds. The summed E-state index contributed by atoms with van der Waals surface area (Å²) in [5.41, 5.74) is -2.29. The zero-order valence-corrected chi connectivity index (χ0v) is 14.0. The van der Waals surface area contributed by atoms with Crippen molar-refractivity contribution in [1.29, 1.82) is 0 Å². The second-order valence-corrected chi connectivity index (χ2v) is 6.81. The molecule has 4 atom stereocenters. The van der Waals surface area contributed by atoms with Crippen LogP contribution >= 0.6 is 0 Å². The number of benzene rings is 1. The van der Waals surface area contributed by atoms with Crippen molar-refractivity contribution in [3.63, 3.8) is 0 Å². The maximum atomic E-state index is 13.1. The Labute approximate surface area is 147 Å². The van der Waals surface area contributed by atoms with Crippen molar-refractivity contribution in [2.75, 3.05) is 18.6 Å². The van der Waals surface area contributed by atoms with Gasteiger partial charge in [-0.3, -0.25) is 19.7 Å². The molecule has 0 aromatic heterocycles. The summed E-state index contributed by atoms with van der Waals surface area (Å²) in [6, 6.07) is 3.69. The molecule has 0 saturated carbocycles. The summed E-state index contributed by atoms with van der Waals surface area (Å²) in [6.45, 7) is 1.28. The highest BCUT2D eigenvalue weighted by Crippen LogP contribution is 2.58. The molecule has 1 aromatic rings. The average Bonchev–Trinajstić information content (AvgIpc) is 3.20. The molecule has 2 saturated heterocycles. The fourth-order valence-corrected chi connectivity index (χ4v) is 4.24. The molecule has 26 heavy (non-hydrogen) atoms. The van der Waals surface area contributed by atoms with Crippen molar-refractivity contribution >= 4 is 23.2 Å². The Morgan fingerprint density at radius 3 is 2.62 bits per heavy atom. The number of hydrogen-bond donors (Lipinski definition) is 1. The molecule has 1 N–H and O–H groups in total. The number of aliphatic hydroxyl groups excluding tert-OH is 1. The first kappa shape index (κ1) is 16.7. The summed E-state index contributed by atoms with van der Waals surface area (Å²) in [4.78, 5) is 37.5. The Kier molecular flexibility index (Phi) is 3.28. The van der Waals surface area contributed by atoms with E-state index in [1.807, 2.05) is 0 Å². The number of carbonyl (C=O) groups is 2. The number of nitrogens with zero attached hydrogens (tertiary/aromatic N) is 2. The number of non-ortho nitro benzene ring substituents is 1. The summed E-state index contributed by atoms with van der Waals surface area (Å²) < 4.78 is 11.0. The molecule has 9 nitrogen and oxygen atoms in total. The predicted molar refractivity (Wildman–Crippen MR) is 87.6 cm³/mol. The monoisotopic (exact) mass is 360 g/mol. The van der Waals surface area contributed by atoms with Crippen LogP contribution in [0.15, 0.2) is 30.4 Å². The highest BCUT2D eigenvalue weighted by molar-refractivity contribution is 6.24. The molecule has 0 spiro atoms. The first-order chi connectivity index (χ1) is 12.3. The highest BCUT2D eigenvalue weighted by Gasteiger charge is 2.72. The molecule has 0 unspecified atom stereocenters. The molecule has 0 radical (unpaired) electrons. The quantitative estimate of drug-likeness (QED) is 0.365. The van der Waals surface area contributed by atoms with Gasteiger partial charge in [0.25, 0.3) is 5.69 Å². The molecule has 2 bridgehead atoms. The predicted octanol–water partition coefficient (Wildman–Crippen LogP) is 0.799. The average molecular weight is 360 g/mol. The smallest absolute Gasteiger partial charge is 0.273 e. The van der Waals surface area contributed by atoms with Gasteiger partial charge in [-0.1, -0.05) is 12.2 Å². The lowest BCUT2D eigenvalue weighted by molar-refractivity contribution is -0.384. The van der Waals surface area contributed by atoms with Crippen LogP contribution in [0.3, 0.4) is 0 Å². The maximum absolute atomic E-state index is 13.1. The summed E-state index contributed by atoms with van der Waals surface area (Å²) >= 11 is 0. The summed E-state index contributed by atoms with van der Waals surface area (Å²) in [7, 11) is 1.30. The Morgan fingerprint density at radius 2 is 2.00 bits per heavy atom. The standard InChI is InChI=1S/C17H16N2O7/c1-16-5-6-17(8-20,26-16)13-12(16)14(21)18(15(13)22)10-4-3-9(19(23)24)7-11(10)25-2/h3-7,12-13,20H,8H2,1-2H3/t12-,13+,16-,17+/m1/s1. The van der Waals surface area contributed by atoms with Crippen molar-refractivity contribution in [1.82, 2.24) is 0 Å². The first-order valence-corrected chi connectivity index (χ1v) is 7.99. The zero-order valence-electron chi connectivity index (χ0n) is 14.0. The van der Waals surface area contributed by atoms with Crippen LogP contribution in [0.2, 0.25) is 0 Å². The SMILES string of the molecule is COc1cc([N+](=O)[O-])ccc1N1C(=O)[C@@H]2[C@H](C1=O)[C@@]1(C)C=C[C@@]2(CO)O1. The van der Waals surface area contributed by atoms with Crippen LogP contribution in [-0.2, 0) is 14.3 Å². The molecule has 3 heterocycles. The van der Waals surface area contributed by atoms with E-state index in [1.54, 1.807) is 19.1 Å². The van der Waals surface area contributed by atoms with E-state index in [4.69, 9.17) is 9.47 Å². The lowest BCUT2D eigenvalue weighted by Crippen LogP contribution is -2.43. The molecule has 3 aliphatic heterocycles. The highest BCUT2D eigenvalue weighted by atomic mass is 16.6. The summed E-state index contributed by atoms with van der Waals surface area (Å²) in [5, 5.41) is 20.8. The van der Waals surface area contributed by atoms with Crippen molar-refractivity contribution in [2.24, 2.45) is 11.8 Å². The summed E-state index contributed by atoms with van der Waals surface area (Å²) in [5.74, 6) is -2.57. The van der Waals surface area contributed by atoms with E-state index in [-0.39, 0.29) is 17.1 Å². The number of anilines is 1. The normalized spacial score (nSPS) is 34.5. The number of ether oxygens (including phenoxy) is 2. The van der Waals surface area contributed by atoms with Gasteiger partial charge < -0.3 is 14.6 Å². The van der Waals surface area contributed by atoms with Crippen LogP contribution in [0.5, 0.6) is 5.75 Å². The molecule has 0 aliphatic carbocycles. The van der Waals surface area contributed by atoms with E-state index in [1.165, 1.54) is 19.2 Å². The van der Waals surface area contributed by atoms with E-state index in [2.05, 4.69) is 0 Å². The minimum absolute atomic E-state index is 0.0466. The van der Waals surface area contributed by atoms with E-state index < -0.39 is 46.4 Å². The van der Waals surface area contributed by atoms with Crippen LogP contribution in [0.4, 0.5) is 11.4 Å². The fraction of sp³-hybridized carbons (Fsp3) is 0.412. The molecular formula is C17H16N2O7. The second kappa shape index (κ2) is 5.12. The number of rotatable bonds is 4. The van der Waals surface area contributed by atoms with Gasteiger partial charge in [-0.15, -0.1) is 0 Å². The number of amides is 2. The van der Waals surface area contributed by atoms with Crippen LogP contribution in [-0.4, -0.2) is 46.8 Å². The lowest BCUT2D eigenvalue weighted by Gasteiger charge is -2.27. The van der Waals surface area contributed by atoms with Gasteiger partial charge in [-0.25, -0.2) is 4.90 Å². The van der Waals surface area contributed by atoms with Gasteiger partial charge in [0.1, 0.15) is 11.4 Å². The number of hydrogen-bond acceptors (Lipinski definition) is 7. The number of fused-ring (bicyclic) bond motifs is 5. The van der Waals surface area contributed by atoms with Gasteiger partial charge in [0.15, 0.2) is 0 Å². The lowest BCUT2D eigenvalue weighted by atomic mass is 9.73. The van der Waals surface area contributed by atoms with Crippen molar-refractivity contribution < 1.29 is 29.1 Å². The number of methoxy groups -OCH3 is 1. The Bertz CT molecular complexity index is 882. The van der Waals surface area contributed by atoms with E-state index >= 15 is 0 Å². The number of nitro groups is 1. The molecular weight excluding hydrogens is 344 g/mol. The van der Waals surface area contributed by atoms with E-state index in [9.17, 15) is 24.8 Å². The maximum Gasteiger partial charge on any atom is 0.273 e. The minimum atomic E-state index is -1.23. The second-order valence-electron chi connectivity index (χ2n) is 6.81. The van der Waals surface area contributed by atoms with E-state index in [0.717, 1.165) is 11.0 Å². The first-order valence-electron chi connectivity index (χ1n) is 7.99. The van der Waals surface area contributed by atoms with Crippen LogP contribution in [0.25, 0.3) is 0 Å². The van der Waals surface area contributed by atoms with Crippen LogP contribution < -0.4 is 9.64 Å². The number of nitro benzene ring substituents is 1. The molecule has 4 rings (SSSR count). The Balaban J connectivity index is 1.81. The van der Waals surface area contributed by atoms with E-state index in [0.29, 0.717) is 0 Å². The molecule has 9 heteroatoms. The fourth-order valence-electron chi connectivity index (χ4n) is 4.24. The topological polar surface area (TPSA) is 119 Å². The third-order valence-corrected chi connectivity index (χ3v) is 5.42. The summed E-state index contributed by atoms with van der Waals surface area (Å²) in [6.07, 6.45) is 3.34. The van der Waals surface area contributed by atoms with Crippen molar-refractivity contribution in [3.8, 4) is 5.75 Å². The van der Waals surface area contributed by atoms with Gasteiger partial charge >= 0.3 is 0 Å². The zero-order chi connectivity index (χ0) is 18.9. The largest absolute Gasteiger partial charge is 0.494 e. The third-order valence-electron chi connectivity index (χ3n) is 5.42. The number of aliphatic hydroxyl groups is 1. The van der Waals surface area contributed by atoms with Crippen LogP contribution in [0, 0.1) is 22.0 Å². The van der Waals surface area contributed by atoms with Crippen molar-refractivity contribution in [2.45, 2.75) is 18.1 Å². The van der Waals surface area contributed by atoms with Gasteiger partial charge in [0.05, 0.1) is 47.8 Å². The molecule has 3 aliphatic rings. The molecule has 1 aromatic carbocycles. The number of carbonyl (C=O) groups excluding carboxylic acids is 2. The molecule has 2 fully saturated rings.